The molecule has 0 fully saturated rings. The van der Waals surface area contributed by atoms with E-state index >= 15 is 0 Å². The minimum absolute atomic E-state index is 0.229. The van der Waals surface area contributed by atoms with Crippen LogP contribution in [-0.2, 0) is 34.3 Å². The van der Waals surface area contributed by atoms with Gasteiger partial charge in [-0.1, -0.05) is 24.3 Å². The van der Waals surface area contributed by atoms with E-state index in [0.717, 1.165) is 5.56 Å². The number of fused-ring (bicyclic) bond motifs is 1. The number of carbonyl (C=O) groups is 1. The first kappa shape index (κ1) is 19.6. The monoisotopic (exact) mass is 390 g/mol. The lowest BCUT2D eigenvalue weighted by molar-refractivity contribution is 0.0512. The van der Waals surface area contributed by atoms with Crippen LogP contribution in [0.2, 0.25) is 0 Å². The zero-order valence-corrected chi connectivity index (χ0v) is 17.1. The Morgan fingerprint density at radius 1 is 1.15 bits per heavy atom. The SMILES string of the molecule is CCOC(=O)c1c(C)c(S(=O)(=O)N2CCc3ccccc3C2)c(C)n1CC. The molecule has 3 rings (SSSR count). The quantitative estimate of drug-likeness (QED) is 0.736. The summed E-state index contributed by atoms with van der Waals surface area (Å²) in [6.45, 7) is 8.61. The number of ether oxygens (including phenoxy) is 1. The van der Waals surface area contributed by atoms with Crippen LogP contribution in [0.15, 0.2) is 29.2 Å². The Bertz CT molecular complexity index is 976. The van der Waals surface area contributed by atoms with E-state index in [4.69, 9.17) is 4.74 Å². The standard InChI is InChI=1S/C20H26N2O4S/c1-5-22-15(4)19(14(3)18(22)20(23)26-6-2)27(24,25)21-12-11-16-9-7-8-10-17(16)13-21/h7-10H,5-6,11-13H2,1-4H3. The van der Waals surface area contributed by atoms with Crippen molar-refractivity contribution in [2.75, 3.05) is 13.2 Å². The summed E-state index contributed by atoms with van der Waals surface area (Å²) in [6.07, 6.45) is 0.687. The van der Waals surface area contributed by atoms with Gasteiger partial charge in [-0.15, -0.1) is 0 Å². The molecule has 0 aliphatic carbocycles. The lowest BCUT2D eigenvalue weighted by Gasteiger charge is -2.28. The molecule has 0 atom stereocenters. The summed E-state index contributed by atoms with van der Waals surface area (Å²) in [5, 5.41) is 0. The van der Waals surface area contributed by atoms with Gasteiger partial charge in [0, 0.05) is 30.9 Å². The molecular weight excluding hydrogens is 364 g/mol. The number of esters is 1. The molecule has 0 bridgehead atoms. The van der Waals surface area contributed by atoms with Crippen molar-refractivity contribution in [2.45, 2.75) is 52.1 Å². The largest absolute Gasteiger partial charge is 0.461 e. The molecule has 1 aromatic carbocycles. The smallest absolute Gasteiger partial charge is 0.355 e. The Hall–Kier alpha value is -2.12. The molecule has 0 saturated carbocycles. The first-order valence-corrected chi connectivity index (χ1v) is 10.7. The van der Waals surface area contributed by atoms with Gasteiger partial charge in [0.2, 0.25) is 10.0 Å². The highest BCUT2D eigenvalue weighted by Crippen LogP contribution is 2.32. The summed E-state index contributed by atoms with van der Waals surface area (Å²) in [5.74, 6) is -0.481. The lowest BCUT2D eigenvalue weighted by atomic mass is 10.0. The summed E-state index contributed by atoms with van der Waals surface area (Å²) in [7, 11) is -3.72. The van der Waals surface area contributed by atoms with Gasteiger partial charge in [-0.05, 0) is 45.2 Å². The van der Waals surface area contributed by atoms with Crippen LogP contribution < -0.4 is 0 Å². The number of rotatable bonds is 5. The number of hydrogen-bond donors (Lipinski definition) is 0. The Balaban J connectivity index is 2.07. The van der Waals surface area contributed by atoms with E-state index < -0.39 is 16.0 Å². The van der Waals surface area contributed by atoms with E-state index in [-0.39, 0.29) is 11.5 Å². The van der Waals surface area contributed by atoms with Gasteiger partial charge in [-0.2, -0.15) is 4.31 Å². The summed E-state index contributed by atoms with van der Waals surface area (Å²) in [4.78, 5) is 12.7. The predicted octanol–water partition coefficient (Wildman–Crippen LogP) is 3.05. The molecule has 0 saturated heterocycles. The Labute approximate surface area is 160 Å². The van der Waals surface area contributed by atoms with Crippen LogP contribution in [0, 0.1) is 13.8 Å². The van der Waals surface area contributed by atoms with Crippen molar-refractivity contribution >= 4 is 16.0 Å². The fourth-order valence-electron chi connectivity index (χ4n) is 3.91. The second kappa shape index (κ2) is 7.48. The molecular formula is C20H26N2O4S. The number of sulfonamides is 1. The second-order valence-corrected chi connectivity index (χ2v) is 8.58. The summed E-state index contributed by atoms with van der Waals surface area (Å²) < 4.78 is 35.3. The molecule has 2 aromatic rings. The Morgan fingerprint density at radius 3 is 2.44 bits per heavy atom. The van der Waals surface area contributed by atoms with Crippen molar-refractivity contribution in [1.82, 2.24) is 8.87 Å². The van der Waals surface area contributed by atoms with Gasteiger partial charge in [0.15, 0.2) is 0 Å². The molecule has 0 spiro atoms. The second-order valence-electron chi connectivity index (χ2n) is 6.71. The lowest BCUT2D eigenvalue weighted by Crippen LogP contribution is -2.36. The zero-order valence-electron chi connectivity index (χ0n) is 16.3. The minimum Gasteiger partial charge on any atom is -0.461 e. The van der Waals surface area contributed by atoms with E-state index in [1.54, 1.807) is 25.3 Å². The van der Waals surface area contributed by atoms with Crippen molar-refractivity contribution < 1.29 is 17.9 Å². The molecule has 0 amide bonds. The van der Waals surface area contributed by atoms with E-state index in [2.05, 4.69) is 0 Å². The van der Waals surface area contributed by atoms with E-state index in [1.165, 1.54) is 9.87 Å². The van der Waals surface area contributed by atoms with Crippen molar-refractivity contribution in [1.29, 1.82) is 0 Å². The topological polar surface area (TPSA) is 68.6 Å². The maximum Gasteiger partial charge on any atom is 0.355 e. The van der Waals surface area contributed by atoms with Crippen molar-refractivity contribution in [2.24, 2.45) is 0 Å². The summed E-state index contributed by atoms with van der Waals surface area (Å²) >= 11 is 0. The molecule has 6 nitrogen and oxygen atoms in total. The van der Waals surface area contributed by atoms with Crippen LogP contribution in [0.25, 0.3) is 0 Å². The minimum atomic E-state index is -3.72. The third-order valence-electron chi connectivity index (χ3n) is 5.18. The molecule has 0 radical (unpaired) electrons. The maximum atomic E-state index is 13.5. The highest BCUT2D eigenvalue weighted by Gasteiger charge is 2.35. The number of hydrogen-bond acceptors (Lipinski definition) is 4. The van der Waals surface area contributed by atoms with Crippen molar-refractivity contribution in [3.8, 4) is 0 Å². The van der Waals surface area contributed by atoms with Crippen LogP contribution in [0.1, 0.15) is 46.7 Å². The number of nitrogens with zero attached hydrogens (tertiary/aromatic N) is 2. The van der Waals surface area contributed by atoms with E-state index in [9.17, 15) is 13.2 Å². The third-order valence-corrected chi connectivity index (χ3v) is 7.29. The van der Waals surface area contributed by atoms with Crippen LogP contribution in [0.3, 0.4) is 0 Å². The number of benzene rings is 1. The maximum absolute atomic E-state index is 13.5. The van der Waals surface area contributed by atoms with Gasteiger partial charge in [-0.25, -0.2) is 13.2 Å². The van der Waals surface area contributed by atoms with E-state index in [1.807, 2.05) is 31.2 Å². The summed E-state index contributed by atoms with van der Waals surface area (Å²) in [6, 6.07) is 7.92. The molecule has 27 heavy (non-hydrogen) atoms. The number of carbonyl (C=O) groups excluding carboxylic acids is 1. The molecule has 1 aromatic heterocycles. The van der Waals surface area contributed by atoms with Gasteiger partial charge in [0.05, 0.1) is 6.61 Å². The van der Waals surface area contributed by atoms with Gasteiger partial charge in [-0.3, -0.25) is 0 Å². The highest BCUT2D eigenvalue weighted by atomic mass is 32.2. The fraction of sp³-hybridized carbons (Fsp3) is 0.450. The average molecular weight is 391 g/mol. The normalized spacial score (nSPS) is 14.8. The Morgan fingerprint density at radius 2 is 1.81 bits per heavy atom. The Kier molecular flexibility index (Phi) is 5.44. The van der Waals surface area contributed by atoms with E-state index in [0.29, 0.717) is 43.0 Å². The van der Waals surface area contributed by atoms with Gasteiger partial charge < -0.3 is 9.30 Å². The fourth-order valence-corrected chi connectivity index (χ4v) is 5.78. The molecule has 1 aliphatic rings. The van der Waals surface area contributed by atoms with Crippen molar-refractivity contribution in [3.63, 3.8) is 0 Å². The molecule has 2 heterocycles. The van der Waals surface area contributed by atoms with Gasteiger partial charge in [0.25, 0.3) is 0 Å². The van der Waals surface area contributed by atoms with Crippen LogP contribution in [-0.4, -0.2) is 36.4 Å². The highest BCUT2D eigenvalue weighted by molar-refractivity contribution is 7.89. The summed E-state index contributed by atoms with van der Waals surface area (Å²) in [5.41, 5.74) is 3.59. The molecule has 0 N–H and O–H groups in total. The van der Waals surface area contributed by atoms with Crippen LogP contribution in [0.5, 0.6) is 0 Å². The van der Waals surface area contributed by atoms with Crippen molar-refractivity contribution in [3.05, 3.63) is 52.3 Å². The van der Waals surface area contributed by atoms with Crippen LogP contribution >= 0.6 is 0 Å². The number of aromatic nitrogens is 1. The van der Waals surface area contributed by atoms with Crippen LogP contribution in [0.4, 0.5) is 0 Å². The van der Waals surface area contributed by atoms with Gasteiger partial charge >= 0.3 is 5.97 Å². The molecule has 7 heteroatoms. The third kappa shape index (κ3) is 3.30. The molecule has 146 valence electrons. The predicted molar refractivity (Wildman–Crippen MR) is 103 cm³/mol. The zero-order chi connectivity index (χ0) is 19.8. The first-order valence-electron chi connectivity index (χ1n) is 9.26. The molecule has 0 unspecified atom stereocenters. The van der Waals surface area contributed by atoms with Gasteiger partial charge in [0.1, 0.15) is 10.6 Å². The average Bonchev–Trinajstić information content (AvgIpc) is 2.91. The molecule has 1 aliphatic heterocycles. The first-order chi connectivity index (χ1) is 12.8.